The summed E-state index contributed by atoms with van der Waals surface area (Å²) in [7, 11) is 0. The Balaban J connectivity index is 1.99. The van der Waals surface area contributed by atoms with Crippen LogP contribution in [0.5, 0.6) is 0 Å². The van der Waals surface area contributed by atoms with Crippen LogP contribution in [0.15, 0.2) is 30.3 Å². The van der Waals surface area contributed by atoms with E-state index < -0.39 is 0 Å². The molecule has 0 saturated carbocycles. The number of benzene rings is 1. The second-order valence-electron chi connectivity index (χ2n) is 5.59. The third-order valence-electron chi connectivity index (χ3n) is 3.95. The van der Waals surface area contributed by atoms with Crippen molar-refractivity contribution in [1.29, 1.82) is 5.26 Å². The highest BCUT2D eigenvalue weighted by Gasteiger charge is 2.21. The highest BCUT2D eigenvalue weighted by Crippen LogP contribution is 2.29. The normalized spacial score (nSPS) is 14.8. The molecule has 0 aliphatic carbocycles. The van der Waals surface area contributed by atoms with Crippen molar-refractivity contribution in [3.63, 3.8) is 0 Å². The summed E-state index contributed by atoms with van der Waals surface area (Å²) >= 11 is 0. The molecule has 22 heavy (non-hydrogen) atoms. The third-order valence-corrected chi connectivity index (χ3v) is 3.95. The van der Waals surface area contributed by atoms with Gasteiger partial charge in [0.25, 0.3) is 0 Å². The van der Waals surface area contributed by atoms with Crippen LogP contribution in [0.4, 0.5) is 11.5 Å². The molecule has 3 rings (SSSR count). The van der Waals surface area contributed by atoms with Crippen LogP contribution in [-0.2, 0) is 11.3 Å². The van der Waals surface area contributed by atoms with Gasteiger partial charge in [0, 0.05) is 13.1 Å². The predicted octanol–water partition coefficient (Wildman–Crippen LogP) is 2.14. The minimum atomic E-state index is 0.598. The molecule has 0 bridgehead atoms. The number of rotatable bonds is 3. The lowest BCUT2D eigenvalue weighted by molar-refractivity contribution is 0.122. The molecular weight excluding hydrogens is 276 g/mol. The van der Waals surface area contributed by atoms with E-state index in [-0.39, 0.29) is 0 Å². The van der Waals surface area contributed by atoms with Crippen LogP contribution in [0.1, 0.15) is 16.8 Å². The molecule has 1 aromatic heterocycles. The summed E-state index contributed by atoms with van der Waals surface area (Å²) in [6.07, 6.45) is 0. The molecule has 1 aliphatic heterocycles. The molecule has 2 heterocycles. The van der Waals surface area contributed by atoms with E-state index in [2.05, 4.69) is 36.1 Å². The summed E-state index contributed by atoms with van der Waals surface area (Å²) in [5.74, 6) is 0.932. The van der Waals surface area contributed by atoms with Crippen molar-refractivity contribution in [2.24, 2.45) is 0 Å². The molecule has 114 valence electrons. The fourth-order valence-corrected chi connectivity index (χ4v) is 2.93. The van der Waals surface area contributed by atoms with Gasteiger partial charge in [0.15, 0.2) is 0 Å². The number of nitriles is 1. The molecule has 0 unspecified atom stereocenters. The average Bonchev–Trinajstić information content (AvgIpc) is 2.84. The smallest absolute Gasteiger partial charge is 0.133 e. The van der Waals surface area contributed by atoms with Gasteiger partial charge in [-0.15, -0.1) is 0 Å². The van der Waals surface area contributed by atoms with Crippen molar-refractivity contribution >= 4 is 11.5 Å². The minimum absolute atomic E-state index is 0.598. The molecular formula is C17H20N4O. The van der Waals surface area contributed by atoms with Gasteiger partial charge in [-0.25, -0.2) is 0 Å². The Morgan fingerprint density at radius 1 is 1.27 bits per heavy atom. The van der Waals surface area contributed by atoms with Crippen molar-refractivity contribution < 1.29 is 4.74 Å². The van der Waals surface area contributed by atoms with Crippen LogP contribution >= 0.6 is 0 Å². The number of hydrogen-bond acceptors (Lipinski definition) is 4. The Kier molecular flexibility index (Phi) is 4.03. The quantitative estimate of drug-likeness (QED) is 0.942. The van der Waals surface area contributed by atoms with E-state index in [9.17, 15) is 5.26 Å². The monoisotopic (exact) mass is 296 g/mol. The molecule has 5 heteroatoms. The molecule has 5 nitrogen and oxygen atoms in total. The second kappa shape index (κ2) is 6.12. The van der Waals surface area contributed by atoms with Gasteiger partial charge in [-0.1, -0.05) is 29.8 Å². The Morgan fingerprint density at radius 3 is 2.73 bits per heavy atom. The first kappa shape index (κ1) is 14.5. The van der Waals surface area contributed by atoms with Gasteiger partial charge in [0.1, 0.15) is 17.6 Å². The Morgan fingerprint density at radius 2 is 2.05 bits per heavy atom. The van der Waals surface area contributed by atoms with Crippen molar-refractivity contribution in [3.8, 4) is 6.07 Å². The zero-order valence-electron chi connectivity index (χ0n) is 12.7. The van der Waals surface area contributed by atoms with Crippen molar-refractivity contribution in [3.05, 3.63) is 47.2 Å². The Bertz CT molecular complexity index is 708. The maximum atomic E-state index is 9.42. The van der Waals surface area contributed by atoms with Crippen LogP contribution in [0.25, 0.3) is 0 Å². The number of nitrogens with two attached hydrogens (primary N) is 1. The van der Waals surface area contributed by atoms with Gasteiger partial charge in [-0.05, 0) is 18.6 Å². The molecule has 1 aliphatic rings. The van der Waals surface area contributed by atoms with Crippen LogP contribution in [0, 0.1) is 18.3 Å². The number of nitrogens with zero attached hydrogens (tertiary/aromatic N) is 3. The highest BCUT2D eigenvalue weighted by molar-refractivity contribution is 5.68. The lowest BCUT2D eigenvalue weighted by atomic mass is 10.1. The zero-order valence-corrected chi connectivity index (χ0v) is 12.7. The van der Waals surface area contributed by atoms with E-state index >= 15 is 0 Å². The number of anilines is 2. The molecule has 0 amide bonds. The number of morpholine rings is 1. The van der Waals surface area contributed by atoms with Crippen molar-refractivity contribution in [2.75, 3.05) is 36.9 Å². The molecule has 2 N–H and O–H groups in total. The second-order valence-corrected chi connectivity index (χ2v) is 5.59. The minimum Gasteiger partial charge on any atom is -0.396 e. The lowest BCUT2D eigenvalue weighted by Crippen LogP contribution is -2.38. The van der Waals surface area contributed by atoms with Gasteiger partial charge in [0.05, 0.1) is 25.4 Å². The van der Waals surface area contributed by atoms with E-state index in [1.165, 1.54) is 11.1 Å². The fourth-order valence-electron chi connectivity index (χ4n) is 2.93. The average molecular weight is 296 g/mol. The molecule has 1 aromatic carbocycles. The van der Waals surface area contributed by atoms with Crippen LogP contribution in [0.3, 0.4) is 0 Å². The SMILES string of the molecule is Cc1cccc(Cn2c(C#N)cc(N)c2N2CCOCC2)c1. The van der Waals surface area contributed by atoms with E-state index in [1.807, 2.05) is 10.6 Å². The molecule has 0 spiro atoms. The third kappa shape index (κ3) is 2.78. The topological polar surface area (TPSA) is 67.2 Å². The predicted molar refractivity (Wildman–Crippen MR) is 86.9 cm³/mol. The summed E-state index contributed by atoms with van der Waals surface area (Å²) in [5.41, 5.74) is 9.81. The summed E-state index contributed by atoms with van der Waals surface area (Å²) in [5, 5.41) is 9.42. The number of ether oxygens (including phenoxy) is 1. The summed E-state index contributed by atoms with van der Waals surface area (Å²) in [6, 6.07) is 12.3. The standard InChI is InChI=1S/C17H20N4O/c1-13-3-2-4-14(9-13)12-21-15(11-18)10-16(19)17(21)20-5-7-22-8-6-20/h2-4,9-10H,5-8,12,19H2,1H3. The Hall–Kier alpha value is -2.45. The first-order valence-electron chi connectivity index (χ1n) is 7.46. The molecule has 0 atom stereocenters. The van der Waals surface area contributed by atoms with Gasteiger partial charge in [-0.3, -0.25) is 0 Å². The van der Waals surface area contributed by atoms with E-state index in [0.717, 1.165) is 18.9 Å². The highest BCUT2D eigenvalue weighted by atomic mass is 16.5. The zero-order chi connectivity index (χ0) is 15.5. The first-order chi connectivity index (χ1) is 10.7. The van der Waals surface area contributed by atoms with E-state index in [1.54, 1.807) is 6.07 Å². The van der Waals surface area contributed by atoms with Gasteiger partial charge in [-0.2, -0.15) is 5.26 Å². The number of hydrogen-bond donors (Lipinski definition) is 1. The summed E-state index contributed by atoms with van der Waals surface area (Å²) < 4.78 is 7.42. The molecule has 0 radical (unpaired) electrons. The number of nitrogen functional groups attached to an aromatic ring is 1. The maximum Gasteiger partial charge on any atom is 0.133 e. The summed E-state index contributed by atoms with van der Waals surface area (Å²) in [6.45, 7) is 5.70. The maximum absolute atomic E-state index is 9.42. The fraction of sp³-hybridized carbons (Fsp3) is 0.353. The van der Waals surface area contributed by atoms with Crippen molar-refractivity contribution in [1.82, 2.24) is 4.57 Å². The van der Waals surface area contributed by atoms with Crippen LogP contribution in [0.2, 0.25) is 0 Å². The number of aryl methyl sites for hydroxylation is 1. The van der Waals surface area contributed by atoms with Gasteiger partial charge >= 0.3 is 0 Å². The van der Waals surface area contributed by atoms with Crippen LogP contribution < -0.4 is 10.6 Å². The van der Waals surface area contributed by atoms with E-state index in [4.69, 9.17) is 10.5 Å². The summed E-state index contributed by atoms with van der Waals surface area (Å²) in [4.78, 5) is 2.20. The molecule has 1 saturated heterocycles. The Labute approximate surface area is 130 Å². The van der Waals surface area contributed by atoms with Gasteiger partial charge < -0.3 is 19.9 Å². The van der Waals surface area contributed by atoms with Crippen LogP contribution in [-0.4, -0.2) is 30.9 Å². The first-order valence-corrected chi connectivity index (χ1v) is 7.46. The molecule has 2 aromatic rings. The lowest BCUT2D eigenvalue weighted by Gasteiger charge is -2.30. The number of aromatic nitrogens is 1. The van der Waals surface area contributed by atoms with E-state index in [0.29, 0.717) is 31.1 Å². The largest absolute Gasteiger partial charge is 0.396 e. The molecule has 1 fully saturated rings. The van der Waals surface area contributed by atoms with Crippen molar-refractivity contribution in [2.45, 2.75) is 13.5 Å². The van der Waals surface area contributed by atoms with Gasteiger partial charge in [0.2, 0.25) is 0 Å².